The van der Waals surface area contributed by atoms with Crippen LogP contribution in [-0.2, 0) is 11.2 Å². The molecule has 1 aromatic carbocycles. The number of hydrogen-bond acceptors (Lipinski definition) is 4. The van der Waals surface area contributed by atoms with Crippen molar-refractivity contribution in [3.8, 4) is 0 Å². The Balaban J connectivity index is 1.89. The quantitative estimate of drug-likeness (QED) is 0.932. The molecule has 0 unspecified atom stereocenters. The number of anilines is 1. The van der Waals surface area contributed by atoms with E-state index in [2.05, 4.69) is 9.97 Å². The molecule has 0 saturated carbocycles. The number of carboxylic acid groups (broad SMARTS) is 1. The first-order chi connectivity index (χ1) is 11.5. The Bertz CT molecular complexity index is 742. The molecule has 0 bridgehead atoms. The number of halogens is 2. The number of hydrogen-bond donors (Lipinski definition) is 1. The summed E-state index contributed by atoms with van der Waals surface area (Å²) in [6.45, 7) is 0.872. The lowest BCUT2D eigenvalue weighted by atomic mass is 9.75. The Hall–Kier alpha value is -2.57. The molecular weight excluding hydrogens is 316 g/mol. The number of piperidine rings is 1. The molecule has 1 aromatic heterocycles. The summed E-state index contributed by atoms with van der Waals surface area (Å²) in [6.07, 6.45) is 5.75. The van der Waals surface area contributed by atoms with Crippen molar-refractivity contribution >= 4 is 11.8 Å². The second-order valence-corrected chi connectivity index (χ2v) is 6.09. The molecule has 1 N–H and O–H groups in total. The van der Waals surface area contributed by atoms with Gasteiger partial charge in [-0.25, -0.2) is 13.8 Å². The zero-order valence-corrected chi connectivity index (χ0v) is 13.0. The van der Waals surface area contributed by atoms with Crippen LogP contribution in [0.25, 0.3) is 0 Å². The molecule has 0 spiro atoms. The van der Waals surface area contributed by atoms with Gasteiger partial charge in [0.15, 0.2) is 0 Å². The van der Waals surface area contributed by atoms with Crippen molar-refractivity contribution in [1.82, 2.24) is 9.97 Å². The Morgan fingerprint density at radius 1 is 1.33 bits per heavy atom. The van der Waals surface area contributed by atoms with Crippen LogP contribution in [0.4, 0.5) is 14.6 Å². The first-order valence-electron chi connectivity index (χ1n) is 7.68. The van der Waals surface area contributed by atoms with Crippen molar-refractivity contribution in [2.24, 2.45) is 5.41 Å². The van der Waals surface area contributed by atoms with Crippen molar-refractivity contribution in [1.29, 1.82) is 0 Å². The van der Waals surface area contributed by atoms with E-state index < -0.39 is 23.0 Å². The second-order valence-electron chi connectivity index (χ2n) is 6.09. The van der Waals surface area contributed by atoms with Crippen LogP contribution >= 0.6 is 0 Å². The van der Waals surface area contributed by atoms with Crippen molar-refractivity contribution < 1.29 is 18.7 Å². The fraction of sp³-hybridized carbons (Fsp3) is 0.353. The van der Waals surface area contributed by atoms with Gasteiger partial charge in [-0.2, -0.15) is 0 Å². The minimum absolute atomic E-state index is 0.00517. The molecule has 7 heteroatoms. The fourth-order valence-corrected chi connectivity index (χ4v) is 3.21. The molecule has 5 nitrogen and oxygen atoms in total. The minimum Gasteiger partial charge on any atom is -0.481 e. The van der Waals surface area contributed by atoms with Gasteiger partial charge in [0.25, 0.3) is 0 Å². The predicted molar refractivity (Wildman–Crippen MR) is 83.6 cm³/mol. The molecule has 1 aliphatic rings. The molecule has 1 aliphatic heterocycles. The monoisotopic (exact) mass is 333 g/mol. The lowest BCUT2D eigenvalue weighted by molar-refractivity contribution is -0.149. The van der Waals surface area contributed by atoms with E-state index in [1.807, 2.05) is 4.90 Å². The number of carbonyl (C=O) groups is 1. The highest BCUT2D eigenvalue weighted by Crippen LogP contribution is 2.36. The second kappa shape index (κ2) is 6.51. The van der Waals surface area contributed by atoms with Crippen LogP contribution < -0.4 is 4.90 Å². The van der Waals surface area contributed by atoms with Gasteiger partial charge >= 0.3 is 5.97 Å². The first kappa shape index (κ1) is 16.3. The van der Waals surface area contributed by atoms with Gasteiger partial charge in [-0.3, -0.25) is 9.78 Å². The van der Waals surface area contributed by atoms with Crippen LogP contribution in [0.1, 0.15) is 18.4 Å². The van der Waals surface area contributed by atoms with E-state index in [9.17, 15) is 18.7 Å². The maximum atomic E-state index is 14.0. The van der Waals surface area contributed by atoms with Gasteiger partial charge in [0.2, 0.25) is 0 Å². The lowest BCUT2D eigenvalue weighted by Crippen LogP contribution is -2.49. The van der Waals surface area contributed by atoms with Crippen LogP contribution in [0.15, 0.2) is 36.8 Å². The molecular formula is C17H17F2N3O2. The van der Waals surface area contributed by atoms with Gasteiger partial charge in [-0.15, -0.1) is 0 Å². The molecule has 1 saturated heterocycles. The third kappa shape index (κ3) is 3.20. The van der Waals surface area contributed by atoms with E-state index >= 15 is 0 Å². The summed E-state index contributed by atoms with van der Waals surface area (Å²) < 4.78 is 27.1. The van der Waals surface area contributed by atoms with Gasteiger partial charge < -0.3 is 10.0 Å². The van der Waals surface area contributed by atoms with E-state index in [-0.39, 0.29) is 18.5 Å². The molecule has 2 aromatic rings. The normalized spacial score (nSPS) is 20.8. The average Bonchev–Trinajstić information content (AvgIpc) is 2.58. The molecule has 3 rings (SSSR count). The fourth-order valence-electron chi connectivity index (χ4n) is 3.21. The Morgan fingerprint density at radius 2 is 2.17 bits per heavy atom. The van der Waals surface area contributed by atoms with Crippen molar-refractivity contribution in [3.63, 3.8) is 0 Å². The summed E-state index contributed by atoms with van der Waals surface area (Å²) in [5.74, 6) is -1.78. The molecule has 2 heterocycles. The van der Waals surface area contributed by atoms with Crippen LogP contribution in [-0.4, -0.2) is 34.1 Å². The smallest absolute Gasteiger partial charge is 0.311 e. The zero-order valence-electron chi connectivity index (χ0n) is 13.0. The number of nitrogens with zero attached hydrogens (tertiary/aromatic N) is 3. The standard InChI is InChI=1S/C17H17F2N3O2/c18-13-3-2-12(14(19)8-13)9-17(16(23)24)4-1-7-22(11-17)15-10-20-5-6-21-15/h2-3,5-6,8,10H,1,4,7,9,11H2,(H,23,24)/t17-/m1/s1. The van der Waals surface area contributed by atoms with Crippen LogP contribution in [0.5, 0.6) is 0 Å². The SMILES string of the molecule is O=C(O)[C@@]1(Cc2ccc(F)cc2F)CCCN(c2cnccn2)C1. The van der Waals surface area contributed by atoms with Gasteiger partial charge in [-0.05, 0) is 30.9 Å². The Morgan fingerprint density at radius 3 is 2.83 bits per heavy atom. The maximum Gasteiger partial charge on any atom is 0.311 e. The lowest BCUT2D eigenvalue weighted by Gasteiger charge is -2.40. The van der Waals surface area contributed by atoms with E-state index in [0.29, 0.717) is 25.2 Å². The van der Waals surface area contributed by atoms with E-state index in [1.54, 1.807) is 18.6 Å². The molecule has 126 valence electrons. The number of aromatic nitrogens is 2. The summed E-state index contributed by atoms with van der Waals surface area (Å²) in [4.78, 5) is 22.0. The van der Waals surface area contributed by atoms with Gasteiger partial charge in [-0.1, -0.05) is 6.07 Å². The van der Waals surface area contributed by atoms with E-state index in [0.717, 1.165) is 12.1 Å². The Kier molecular flexibility index (Phi) is 4.42. The van der Waals surface area contributed by atoms with Gasteiger partial charge in [0, 0.05) is 31.5 Å². The number of carboxylic acids is 1. The first-order valence-corrected chi connectivity index (χ1v) is 7.68. The molecule has 1 atom stereocenters. The van der Waals surface area contributed by atoms with Crippen LogP contribution in [0.2, 0.25) is 0 Å². The summed E-state index contributed by atoms with van der Waals surface area (Å²) in [6, 6.07) is 3.25. The maximum absolute atomic E-state index is 14.0. The number of benzene rings is 1. The highest BCUT2D eigenvalue weighted by Gasteiger charge is 2.43. The van der Waals surface area contributed by atoms with Crippen molar-refractivity contribution in [2.45, 2.75) is 19.3 Å². The molecule has 0 aliphatic carbocycles. The van der Waals surface area contributed by atoms with Crippen LogP contribution in [0.3, 0.4) is 0 Å². The van der Waals surface area contributed by atoms with Gasteiger partial charge in [0.05, 0.1) is 11.6 Å². The van der Waals surface area contributed by atoms with Crippen molar-refractivity contribution in [2.75, 3.05) is 18.0 Å². The summed E-state index contributed by atoms with van der Waals surface area (Å²) in [5, 5.41) is 9.80. The van der Waals surface area contributed by atoms with E-state index in [4.69, 9.17) is 0 Å². The molecule has 0 amide bonds. The third-order valence-corrected chi connectivity index (χ3v) is 4.45. The van der Waals surface area contributed by atoms with E-state index in [1.165, 1.54) is 6.07 Å². The zero-order chi connectivity index (χ0) is 17.2. The average molecular weight is 333 g/mol. The predicted octanol–water partition coefficient (Wildman–Crippen LogP) is 2.67. The highest BCUT2D eigenvalue weighted by atomic mass is 19.1. The number of rotatable bonds is 4. The van der Waals surface area contributed by atoms with Gasteiger partial charge in [0.1, 0.15) is 17.5 Å². The number of aliphatic carboxylic acids is 1. The van der Waals surface area contributed by atoms with Crippen LogP contribution in [0, 0.1) is 17.0 Å². The highest BCUT2D eigenvalue weighted by molar-refractivity contribution is 5.76. The molecule has 1 fully saturated rings. The third-order valence-electron chi connectivity index (χ3n) is 4.45. The molecule has 0 radical (unpaired) electrons. The minimum atomic E-state index is -1.14. The van der Waals surface area contributed by atoms with Crippen molar-refractivity contribution in [3.05, 3.63) is 54.0 Å². The molecule has 24 heavy (non-hydrogen) atoms. The Labute approximate surface area is 138 Å². The summed E-state index contributed by atoms with van der Waals surface area (Å²) in [7, 11) is 0. The summed E-state index contributed by atoms with van der Waals surface area (Å²) in [5.41, 5.74) is -0.936. The summed E-state index contributed by atoms with van der Waals surface area (Å²) >= 11 is 0. The topological polar surface area (TPSA) is 66.3 Å². The largest absolute Gasteiger partial charge is 0.481 e.